The van der Waals surface area contributed by atoms with Gasteiger partial charge in [0.05, 0.1) is 4.92 Å². The van der Waals surface area contributed by atoms with Crippen LogP contribution in [0.1, 0.15) is 23.3 Å². The van der Waals surface area contributed by atoms with Gasteiger partial charge in [0.15, 0.2) is 0 Å². The van der Waals surface area contributed by atoms with Crippen LogP contribution in [-0.4, -0.2) is 45.4 Å². The number of aromatic amines is 1. The van der Waals surface area contributed by atoms with Gasteiger partial charge in [-0.05, 0) is 12.5 Å². The van der Waals surface area contributed by atoms with E-state index in [1.165, 1.54) is 11.0 Å². The highest BCUT2D eigenvalue weighted by Crippen LogP contribution is 2.25. The molecule has 1 aromatic heterocycles. The van der Waals surface area contributed by atoms with E-state index in [1.54, 1.807) is 25.2 Å². The molecule has 0 aliphatic carbocycles. The number of carboxylic acids is 1. The van der Waals surface area contributed by atoms with Gasteiger partial charge < -0.3 is 15.0 Å². The number of hydrogen-bond donors (Lipinski definition) is 2. The van der Waals surface area contributed by atoms with Crippen LogP contribution in [0.3, 0.4) is 0 Å². The van der Waals surface area contributed by atoms with E-state index in [0.717, 1.165) is 0 Å². The first-order valence-corrected chi connectivity index (χ1v) is 6.63. The lowest BCUT2D eigenvalue weighted by Crippen LogP contribution is -2.28. The number of rotatable bonds is 6. The number of carboxylic acid groups (broad SMARTS) is 1. The number of hydrogen-bond acceptors (Lipinski definition) is 4. The molecule has 0 saturated carbocycles. The zero-order valence-electron chi connectivity index (χ0n) is 11.9. The molecule has 8 heteroatoms. The molecule has 0 aliphatic heterocycles. The number of nitro benzene ring substituents is 1. The third kappa shape index (κ3) is 3.22. The van der Waals surface area contributed by atoms with Crippen LogP contribution in [0.5, 0.6) is 0 Å². The van der Waals surface area contributed by atoms with Crippen molar-refractivity contribution in [2.24, 2.45) is 0 Å². The Hall–Kier alpha value is -2.90. The lowest BCUT2D eigenvalue weighted by atomic mass is 10.2. The third-order valence-electron chi connectivity index (χ3n) is 3.29. The zero-order chi connectivity index (χ0) is 16.3. The average molecular weight is 305 g/mol. The Morgan fingerprint density at radius 3 is 2.77 bits per heavy atom. The number of carbonyl (C=O) groups is 2. The van der Waals surface area contributed by atoms with Gasteiger partial charge in [0, 0.05) is 31.5 Å². The SMILES string of the molecule is CN(CCCC(=O)O)C(=O)c1cc2cccc([N+](=O)[O-])c2[nH]1. The molecule has 0 unspecified atom stereocenters. The first-order chi connectivity index (χ1) is 10.4. The second-order valence-electron chi connectivity index (χ2n) is 4.91. The summed E-state index contributed by atoms with van der Waals surface area (Å²) in [6, 6.07) is 6.15. The first kappa shape index (κ1) is 15.5. The fourth-order valence-electron chi connectivity index (χ4n) is 2.18. The van der Waals surface area contributed by atoms with E-state index in [0.29, 0.717) is 23.9 Å². The second kappa shape index (κ2) is 6.25. The van der Waals surface area contributed by atoms with Gasteiger partial charge in [0.2, 0.25) is 0 Å². The molecule has 2 N–H and O–H groups in total. The fourth-order valence-corrected chi connectivity index (χ4v) is 2.18. The van der Waals surface area contributed by atoms with Crippen molar-refractivity contribution in [3.63, 3.8) is 0 Å². The molecular weight excluding hydrogens is 290 g/mol. The number of aliphatic carboxylic acids is 1. The molecule has 0 spiro atoms. The minimum Gasteiger partial charge on any atom is -0.481 e. The van der Waals surface area contributed by atoms with E-state index >= 15 is 0 Å². The van der Waals surface area contributed by atoms with Gasteiger partial charge in [-0.3, -0.25) is 19.7 Å². The van der Waals surface area contributed by atoms with E-state index in [-0.39, 0.29) is 23.7 Å². The predicted octanol–water partition coefficient (Wildman–Crippen LogP) is 2.01. The highest BCUT2D eigenvalue weighted by atomic mass is 16.6. The molecule has 0 bridgehead atoms. The van der Waals surface area contributed by atoms with Gasteiger partial charge in [-0.25, -0.2) is 0 Å². The number of para-hydroxylation sites is 1. The van der Waals surface area contributed by atoms with E-state index in [2.05, 4.69) is 4.98 Å². The van der Waals surface area contributed by atoms with E-state index in [4.69, 9.17) is 5.11 Å². The normalized spacial score (nSPS) is 10.6. The van der Waals surface area contributed by atoms with Crippen LogP contribution < -0.4 is 0 Å². The molecule has 0 aliphatic rings. The molecule has 0 atom stereocenters. The number of non-ortho nitro benzene ring substituents is 1. The van der Waals surface area contributed by atoms with Crippen molar-refractivity contribution in [3.8, 4) is 0 Å². The molecule has 2 rings (SSSR count). The van der Waals surface area contributed by atoms with Gasteiger partial charge in [-0.15, -0.1) is 0 Å². The predicted molar refractivity (Wildman–Crippen MR) is 78.8 cm³/mol. The number of amides is 1. The Balaban J connectivity index is 2.20. The average Bonchev–Trinajstić information content (AvgIpc) is 2.89. The fraction of sp³-hybridized carbons (Fsp3) is 0.286. The molecule has 1 aromatic carbocycles. The van der Waals surface area contributed by atoms with Crippen LogP contribution in [0.15, 0.2) is 24.3 Å². The first-order valence-electron chi connectivity index (χ1n) is 6.63. The Labute approximate surface area is 125 Å². The van der Waals surface area contributed by atoms with Crippen molar-refractivity contribution in [1.29, 1.82) is 0 Å². The number of carbonyl (C=O) groups excluding carboxylic acids is 1. The highest BCUT2D eigenvalue weighted by Gasteiger charge is 2.19. The number of nitro groups is 1. The monoisotopic (exact) mass is 305 g/mol. The lowest BCUT2D eigenvalue weighted by Gasteiger charge is -2.15. The van der Waals surface area contributed by atoms with Gasteiger partial charge in [-0.1, -0.05) is 12.1 Å². The van der Waals surface area contributed by atoms with Crippen LogP contribution in [0.4, 0.5) is 5.69 Å². The minimum atomic E-state index is -0.915. The molecule has 1 amide bonds. The van der Waals surface area contributed by atoms with Gasteiger partial charge in [-0.2, -0.15) is 0 Å². The zero-order valence-corrected chi connectivity index (χ0v) is 11.9. The summed E-state index contributed by atoms with van der Waals surface area (Å²) < 4.78 is 0. The summed E-state index contributed by atoms with van der Waals surface area (Å²) in [5, 5.41) is 20.1. The molecule has 2 aromatic rings. The molecule has 22 heavy (non-hydrogen) atoms. The minimum absolute atomic E-state index is 0.0181. The summed E-state index contributed by atoms with van der Waals surface area (Å²) >= 11 is 0. The summed E-state index contributed by atoms with van der Waals surface area (Å²) in [6.45, 7) is 0.294. The van der Waals surface area contributed by atoms with E-state index in [9.17, 15) is 19.7 Å². The van der Waals surface area contributed by atoms with Gasteiger partial charge in [0.1, 0.15) is 11.2 Å². The molecule has 0 fully saturated rings. The van der Waals surface area contributed by atoms with Crippen LogP contribution in [0, 0.1) is 10.1 Å². The van der Waals surface area contributed by atoms with E-state index in [1.807, 2.05) is 0 Å². The summed E-state index contributed by atoms with van der Waals surface area (Å²) in [6.07, 6.45) is 0.327. The summed E-state index contributed by atoms with van der Waals surface area (Å²) in [5.41, 5.74) is 0.446. The molecule has 0 saturated heterocycles. The maximum absolute atomic E-state index is 12.2. The molecule has 1 heterocycles. The van der Waals surface area contributed by atoms with Crippen molar-refractivity contribution in [2.45, 2.75) is 12.8 Å². The van der Waals surface area contributed by atoms with Gasteiger partial charge in [0.25, 0.3) is 11.6 Å². The summed E-state index contributed by atoms with van der Waals surface area (Å²) in [4.78, 5) is 37.3. The number of nitrogens with zero attached hydrogens (tertiary/aromatic N) is 2. The highest BCUT2D eigenvalue weighted by molar-refractivity contribution is 6.00. The maximum Gasteiger partial charge on any atom is 0.303 e. The van der Waals surface area contributed by atoms with Gasteiger partial charge >= 0.3 is 5.97 Å². The lowest BCUT2D eigenvalue weighted by molar-refractivity contribution is -0.383. The number of aromatic nitrogens is 1. The quantitative estimate of drug-likeness (QED) is 0.625. The topological polar surface area (TPSA) is 117 Å². The number of benzene rings is 1. The molecule has 0 radical (unpaired) electrons. The van der Waals surface area contributed by atoms with Crippen molar-refractivity contribution in [1.82, 2.24) is 9.88 Å². The Bertz CT molecular complexity index is 737. The maximum atomic E-state index is 12.2. The van der Waals surface area contributed by atoms with Crippen LogP contribution in [0.25, 0.3) is 10.9 Å². The van der Waals surface area contributed by atoms with Crippen molar-refractivity contribution in [3.05, 3.63) is 40.1 Å². The van der Waals surface area contributed by atoms with E-state index < -0.39 is 10.9 Å². The van der Waals surface area contributed by atoms with Crippen LogP contribution >= 0.6 is 0 Å². The van der Waals surface area contributed by atoms with Crippen molar-refractivity contribution in [2.75, 3.05) is 13.6 Å². The summed E-state index contributed by atoms with van der Waals surface area (Å²) in [7, 11) is 1.56. The Kier molecular flexibility index (Phi) is 4.40. The molecule has 116 valence electrons. The standard InChI is InChI=1S/C14H15N3O5/c1-16(7-3-6-12(18)19)14(20)10-8-9-4-2-5-11(17(21)22)13(9)15-10/h2,4-5,8,15H,3,6-7H2,1H3,(H,18,19). The number of nitrogens with one attached hydrogen (secondary N) is 1. The van der Waals surface area contributed by atoms with Crippen LogP contribution in [-0.2, 0) is 4.79 Å². The number of fused-ring (bicyclic) bond motifs is 1. The Morgan fingerprint density at radius 2 is 2.14 bits per heavy atom. The number of H-pyrrole nitrogens is 1. The summed E-state index contributed by atoms with van der Waals surface area (Å²) in [5.74, 6) is -1.25. The largest absolute Gasteiger partial charge is 0.481 e. The van der Waals surface area contributed by atoms with Crippen molar-refractivity contribution < 1.29 is 19.6 Å². The van der Waals surface area contributed by atoms with Crippen molar-refractivity contribution >= 4 is 28.5 Å². The molecular formula is C14H15N3O5. The Morgan fingerprint density at radius 1 is 1.41 bits per heavy atom. The van der Waals surface area contributed by atoms with Crippen LogP contribution in [0.2, 0.25) is 0 Å². The second-order valence-corrected chi connectivity index (χ2v) is 4.91. The third-order valence-corrected chi connectivity index (χ3v) is 3.29. The smallest absolute Gasteiger partial charge is 0.303 e. The molecule has 8 nitrogen and oxygen atoms in total.